The number of hydrogen-bond acceptors (Lipinski definition) is 6. The zero-order chi connectivity index (χ0) is 17.1. The Morgan fingerprint density at radius 2 is 2.17 bits per heavy atom. The fourth-order valence-corrected chi connectivity index (χ4v) is 2.68. The fourth-order valence-electron chi connectivity index (χ4n) is 2.68. The lowest BCUT2D eigenvalue weighted by atomic mass is 10.1. The third-order valence-electron chi connectivity index (χ3n) is 3.89. The molecule has 2 heterocycles. The van der Waals surface area contributed by atoms with Crippen molar-refractivity contribution in [3.05, 3.63) is 24.2 Å². The van der Waals surface area contributed by atoms with E-state index in [4.69, 9.17) is 9.63 Å². The number of hydrogen-bond donors (Lipinski definition) is 3. The van der Waals surface area contributed by atoms with Crippen LogP contribution in [0.2, 0.25) is 0 Å². The van der Waals surface area contributed by atoms with Gasteiger partial charge in [0, 0.05) is 6.04 Å². The van der Waals surface area contributed by atoms with Crippen LogP contribution in [0.25, 0.3) is 11.6 Å². The number of anilines is 1. The predicted octanol–water partition coefficient (Wildman–Crippen LogP) is 1.81. The minimum Gasteiger partial charge on any atom is -0.481 e. The van der Waals surface area contributed by atoms with Crippen LogP contribution in [0.3, 0.4) is 0 Å². The van der Waals surface area contributed by atoms with Gasteiger partial charge in [0.1, 0.15) is 5.69 Å². The molecule has 1 fully saturated rings. The fraction of sp³-hybridized carbons (Fsp3) is 0.400. The summed E-state index contributed by atoms with van der Waals surface area (Å²) in [6, 6.07) is 2.84. The molecule has 1 aliphatic carbocycles. The molecule has 0 aromatic carbocycles. The summed E-state index contributed by atoms with van der Waals surface area (Å²) in [4.78, 5) is 31.1. The number of amides is 2. The number of aliphatic carboxylic acids is 1. The number of aryl methyl sites for hydroxylation is 1. The molecule has 24 heavy (non-hydrogen) atoms. The quantitative estimate of drug-likeness (QED) is 0.778. The van der Waals surface area contributed by atoms with Gasteiger partial charge >= 0.3 is 12.0 Å². The summed E-state index contributed by atoms with van der Waals surface area (Å²) >= 11 is 0. The van der Waals surface area contributed by atoms with E-state index in [0.29, 0.717) is 42.4 Å². The Bertz CT molecular complexity index is 743. The van der Waals surface area contributed by atoms with Crippen LogP contribution in [0.15, 0.2) is 22.9 Å². The van der Waals surface area contributed by atoms with Crippen molar-refractivity contribution < 1.29 is 19.2 Å². The summed E-state index contributed by atoms with van der Waals surface area (Å²) in [5.74, 6) is -0.358. The lowest BCUT2D eigenvalue weighted by molar-refractivity contribution is -0.141. The van der Waals surface area contributed by atoms with Crippen molar-refractivity contribution in [1.29, 1.82) is 0 Å². The maximum absolute atomic E-state index is 12.0. The number of rotatable bonds is 4. The van der Waals surface area contributed by atoms with Crippen LogP contribution in [0.5, 0.6) is 0 Å². The molecule has 0 saturated heterocycles. The van der Waals surface area contributed by atoms with E-state index >= 15 is 0 Å². The number of urea groups is 1. The van der Waals surface area contributed by atoms with Crippen molar-refractivity contribution in [2.45, 2.75) is 32.2 Å². The van der Waals surface area contributed by atoms with Crippen LogP contribution < -0.4 is 10.6 Å². The highest BCUT2D eigenvalue weighted by Crippen LogP contribution is 2.25. The van der Waals surface area contributed by atoms with E-state index in [1.165, 1.54) is 6.20 Å². The van der Waals surface area contributed by atoms with Gasteiger partial charge in [0.25, 0.3) is 5.89 Å². The van der Waals surface area contributed by atoms with E-state index in [2.05, 4.69) is 25.8 Å². The van der Waals surface area contributed by atoms with E-state index in [-0.39, 0.29) is 18.0 Å². The third kappa shape index (κ3) is 3.67. The van der Waals surface area contributed by atoms with Crippen molar-refractivity contribution in [2.24, 2.45) is 5.92 Å². The maximum Gasteiger partial charge on any atom is 0.319 e. The van der Waals surface area contributed by atoms with Crippen LogP contribution in [0.1, 0.15) is 25.1 Å². The average Bonchev–Trinajstić information content (AvgIpc) is 3.17. The second kappa shape index (κ2) is 6.65. The highest BCUT2D eigenvalue weighted by Gasteiger charge is 2.30. The Morgan fingerprint density at radius 1 is 1.33 bits per heavy atom. The largest absolute Gasteiger partial charge is 0.481 e. The van der Waals surface area contributed by atoms with Crippen LogP contribution in [-0.2, 0) is 4.79 Å². The molecule has 2 amide bonds. The lowest BCUT2D eigenvalue weighted by Crippen LogP contribution is -2.36. The monoisotopic (exact) mass is 331 g/mol. The lowest BCUT2D eigenvalue weighted by Gasteiger charge is -2.13. The van der Waals surface area contributed by atoms with E-state index in [1.807, 2.05) is 0 Å². The minimum atomic E-state index is -0.809. The molecule has 9 heteroatoms. The summed E-state index contributed by atoms with van der Waals surface area (Å²) in [5, 5.41) is 18.1. The zero-order valence-corrected chi connectivity index (χ0v) is 13.0. The molecule has 3 N–H and O–H groups in total. The van der Waals surface area contributed by atoms with Gasteiger partial charge in [-0.1, -0.05) is 5.16 Å². The number of aromatic nitrogens is 3. The van der Waals surface area contributed by atoms with Crippen LogP contribution in [0.4, 0.5) is 10.5 Å². The first-order valence-electron chi connectivity index (χ1n) is 7.58. The van der Waals surface area contributed by atoms with E-state index in [9.17, 15) is 9.59 Å². The number of carbonyl (C=O) groups excluding carboxylic acids is 1. The molecular formula is C15H17N5O4. The van der Waals surface area contributed by atoms with E-state index < -0.39 is 5.97 Å². The molecule has 0 aliphatic heterocycles. The van der Waals surface area contributed by atoms with Gasteiger partial charge in [-0.15, -0.1) is 0 Å². The standard InChI is InChI=1S/C15H17N5O4/c1-8-17-13(24-20-8)12-5-4-11(7-16-12)19-15(23)18-10-3-2-9(6-10)14(21)22/h4-5,7,9-10H,2-3,6H2,1H3,(H,21,22)(H2,18,19,23)/t9-,10+/m0/s1. The van der Waals surface area contributed by atoms with Gasteiger partial charge in [-0.2, -0.15) is 4.98 Å². The Morgan fingerprint density at radius 3 is 2.75 bits per heavy atom. The van der Waals surface area contributed by atoms with Gasteiger partial charge in [0.05, 0.1) is 17.8 Å². The Kier molecular flexibility index (Phi) is 4.41. The van der Waals surface area contributed by atoms with Crippen molar-refractivity contribution in [3.8, 4) is 11.6 Å². The van der Waals surface area contributed by atoms with Crippen LogP contribution >= 0.6 is 0 Å². The molecule has 1 saturated carbocycles. The van der Waals surface area contributed by atoms with Crippen LogP contribution in [-0.4, -0.2) is 38.3 Å². The third-order valence-corrected chi connectivity index (χ3v) is 3.89. The summed E-state index contributed by atoms with van der Waals surface area (Å²) in [6.07, 6.45) is 3.19. The van der Waals surface area contributed by atoms with Crippen LogP contribution in [0, 0.1) is 12.8 Å². The molecule has 3 rings (SSSR count). The number of nitrogens with zero attached hydrogens (tertiary/aromatic N) is 3. The molecular weight excluding hydrogens is 314 g/mol. The van der Waals surface area contributed by atoms with E-state index in [1.54, 1.807) is 19.1 Å². The SMILES string of the molecule is Cc1noc(-c2ccc(NC(=O)N[C@@H]3CC[C@H](C(=O)O)C3)cn2)n1. The number of pyridine rings is 1. The van der Waals surface area contributed by atoms with Gasteiger partial charge in [0.15, 0.2) is 5.82 Å². The number of carbonyl (C=O) groups is 2. The summed E-state index contributed by atoms with van der Waals surface area (Å²) in [5.41, 5.74) is 1.03. The molecule has 1 aliphatic rings. The predicted molar refractivity (Wildman–Crippen MR) is 83.2 cm³/mol. The molecule has 0 bridgehead atoms. The molecule has 0 unspecified atom stereocenters. The summed E-state index contributed by atoms with van der Waals surface area (Å²) < 4.78 is 5.02. The first-order chi connectivity index (χ1) is 11.5. The molecule has 126 valence electrons. The first-order valence-corrected chi connectivity index (χ1v) is 7.58. The molecule has 2 atom stereocenters. The molecule has 0 spiro atoms. The van der Waals surface area contributed by atoms with Gasteiger partial charge in [-0.25, -0.2) is 9.78 Å². The summed E-state index contributed by atoms with van der Waals surface area (Å²) in [7, 11) is 0. The first kappa shape index (κ1) is 15.9. The topological polar surface area (TPSA) is 130 Å². The zero-order valence-electron chi connectivity index (χ0n) is 13.0. The highest BCUT2D eigenvalue weighted by atomic mass is 16.5. The second-order valence-corrected chi connectivity index (χ2v) is 5.72. The van der Waals surface area contributed by atoms with E-state index in [0.717, 1.165) is 0 Å². The number of carboxylic acid groups (broad SMARTS) is 1. The second-order valence-electron chi connectivity index (χ2n) is 5.72. The van der Waals surface area contributed by atoms with Gasteiger partial charge < -0.3 is 20.3 Å². The van der Waals surface area contributed by atoms with Gasteiger partial charge in [0.2, 0.25) is 0 Å². The Hall–Kier alpha value is -2.97. The molecule has 0 radical (unpaired) electrons. The minimum absolute atomic E-state index is 0.125. The highest BCUT2D eigenvalue weighted by molar-refractivity contribution is 5.89. The van der Waals surface area contributed by atoms with Crippen molar-refractivity contribution in [3.63, 3.8) is 0 Å². The number of carboxylic acids is 1. The van der Waals surface area contributed by atoms with Crippen molar-refractivity contribution in [2.75, 3.05) is 5.32 Å². The Balaban J connectivity index is 1.54. The maximum atomic E-state index is 12.0. The molecule has 9 nitrogen and oxygen atoms in total. The normalized spacial score (nSPS) is 19.9. The number of nitrogens with one attached hydrogen (secondary N) is 2. The average molecular weight is 331 g/mol. The summed E-state index contributed by atoms with van der Waals surface area (Å²) in [6.45, 7) is 1.71. The smallest absolute Gasteiger partial charge is 0.319 e. The van der Waals surface area contributed by atoms with Crippen molar-refractivity contribution in [1.82, 2.24) is 20.4 Å². The van der Waals surface area contributed by atoms with Crippen molar-refractivity contribution >= 4 is 17.7 Å². The molecule has 2 aromatic rings. The molecule has 2 aromatic heterocycles. The van der Waals surface area contributed by atoms with Gasteiger partial charge in [-0.05, 0) is 38.3 Å². The Labute approximate surface area is 137 Å². The van der Waals surface area contributed by atoms with Gasteiger partial charge in [-0.3, -0.25) is 4.79 Å².